The molecule has 0 amide bonds. The molecule has 34 heavy (non-hydrogen) atoms. The van der Waals surface area contributed by atoms with Gasteiger partial charge in [0.25, 0.3) is 5.56 Å². The van der Waals surface area contributed by atoms with Crippen molar-refractivity contribution in [3.8, 4) is 23.8 Å². The van der Waals surface area contributed by atoms with Crippen molar-refractivity contribution >= 4 is 33.0 Å². The number of hydrogen-bond acceptors (Lipinski definition) is 5. The van der Waals surface area contributed by atoms with E-state index in [1.165, 1.54) is 4.68 Å². The second-order valence-corrected chi connectivity index (χ2v) is 8.64. The average Bonchev–Trinajstić information content (AvgIpc) is 2.83. The van der Waals surface area contributed by atoms with Gasteiger partial charge in [0.05, 0.1) is 23.7 Å². The second kappa shape index (κ2) is 11.7. The van der Waals surface area contributed by atoms with Gasteiger partial charge in [-0.1, -0.05) is 41.8 Å². The van der Waals surface area contributed by atoms with Crippen LogP contribution in [0.1, 0.15) is 50.1 Å². The highest BCUT2D eigenvalue weighted by molar-refractivity contribution is 9.10. The van der Waals surface area contributed by atoms with E-state index in [1.54, 1.807) is 18.4 Å². The summed E-state index contributed by atoms with van der Waals surface area (Å²) in [5.74, 6) is 4.30. The van der Waals surface area contributed by atoms with Crippen molar-refractivity contribution in [2.24, 2.45) is 5.10 Å². The quantitative estimate of drug-likeness (QED) is 0.195. The zero-order chi connectivity index (χ0) is 24.7. The van der Waals surface area contributed by atoms with Gasteiger partial charge in [-0.3, -0.25) is 4.79 Å². The summed E-state index contributed by atoms with van der Waals surface area (Å²) in [7, 11) is 0. The zero-order valence-electron chi connectivity index (χ0n) is 19.7. The number of aromatic nitrogens is 2. The Bertz CT molecular complexity index is 1320. The summed E-state index contributed by atoms with van der Waals surface area (Å²) in [6.45, 7) is 10.4. The Balaban J connectivity index is 2.16. The van der Waals surface area contributed by atoms with Crippen molar-refractivity contribution in [3.63, 3.8) is 0 Å². The molecule has 3 rings (SSSR count). The summed E-state index contributed by atoms with van der Waals surface area (Å²) >= 11 is 3.44. The Kier molecular flexibility index (Phi) is 8.67. The summed E-state index contributed by atoms with van der Waals surface area (Å²) in [4.78, 5) is 18.1. The number of terminal acetylenes is 1. The van der Waals surface area contributed by atoms with Crippen LogP contribution in [0.2, 0.25) is 0 Å². The third-order valence-electron chi connectivity index (χ3n) is 5.33. The first-order valence-electron chi connectivity index (χ1n) is 11.2. The maximum atomic E-state index is 13.4. The van der Waals surface area contributed by atoms with Crippen molar-refractivity contribution in [1.29, 1.82) is 0 Å². The summed E-state index contributed by atoms with van der Waals surface area (Å²) in [6.07, 6.45) is 10.2. The molecule has 1 atom stereocenters. The maximum absolute atomic E-state index is 13.4. The summed E-state index contributed by atoms with van der Waals surface area (Å²) in [6, 6.07) is 9.24. The molecular formula is C27H28BrN3O3. The number of fused-ring (bicyclic) bond motifs is 1. The van der Waals surface area contributed by atoms with Crippen molar-refractivity contribution in [2.45, 2.75) is 39.5 Å². The highest BCUT2D eigenvalue weighted by atomic mass is 79.9. The van der Waals surface area contributed by atoms with Gasteiger partial charge in [0.15, 0.2) is 11.5 Å². The highest BCUT2D eigenvalue weighted by Gasteiger charge is 2.16. The van der Waals surface area contributed by atoms with Crippen molar-refractivity contribution in [2.75, 3.05) is 13.2 Å². The molecule has 0 aliphatic heterocycles. The lowest BCUT2D eigenvalue weighted by Crippen LogP contribution is -2.23. The first-order chi connectivity index (χ1) is 16.4. The summed E-state index contributed by atoms with van der Waals surface area (Å²) in [5, 5.41) is 5.06. The molecule has 176 valence electrons. The van der Waals surface area contributed by atoms with E-state index in [2.05, 4.69) is 40.5 Å². The Morgan fingerprint density at radius 3 is 2.76 bits per heavy atom. The molecule has 0 aliphatic rings. The Hall–Kier alpha value is -3.37. The topological polar surface area (TPSA) is 65.7 Å². The molecule has 0 saturated heterocycles. The fraction of sp³-hybridized carbons (Fsp3) is 0.296. The minimum Gasteiger partial charge on any atom is -0.490 e. The minimum atomic E-state index is -0.219. The third-order valence-corrected chi connectivity index (χ3v) is 5.82. The minimum absolute atomic E-state index is 0.0488. The molecule has 0 N–H and O–H groups in total. The van der Waals surface area contributed by atoms with Gasteiger partial charge in [-0.2, -0.15) is 9.78 Å². The van der Waals surface area contributed by atoms with E-state index >= 15 is 0 Å². The number of nitrogens with zero attached hydrogens (tertiary/aromatic N) is 3. The van der Waals surface area contributed by atoms with E-state index in [1.807, 2.05) is 38.1 Å². The molecule has 0 radical (unpaired) electrons. The normalized spacial score (nSPS) is 12.0. The van der Waals surface area contributed by atoms with Crippen LogP contribution in [0.5, 0.6) is 11.5 Å². The Labute approximate surface area is 208 Å². The number of rotatable bonds is 10. The standard InChI is InChI=1S/C27H28BrN3O3/c1-6-10-20-14-19(15-24(33-9-4)25(20)34-13-7-2)17-29-31-26(18(5)8-3)30-23-12-11-21(28)16-22(23)27(31)32/h2,6,11-12,14-18H,1,8-10,13H2,3-5H3/t18-/m0/s1. The van der Waals surface area contributed by atoms with E-state index in [0.717, 1.165) is 22.0 Å². The molecule has 1 aromatic heterocycles. The summed E-state index contributed by atoms with van der Waals surface area (Å²) in [5.41, 5.74) is 2.05. The molecule has 0 fully saturated rings. The number of allylic oxidation sites excluding steroid dienone is 1. The lowest BCUT2D eigenvalue weighted by Gasteiger charge is -2.16. The van der Waals surface area contributed by atoms with Crippen molar-refractivity contribution in [3.05, 3.63) is 74.8 Å². The summed E-state index contributed by atoms with van der Waals surface area (Å²) < 4.78 is 13.8. The van der Waals surface area contributed by atoms with Gasteiger partial charge < -0.3 is 9.47 Å². The van der Waals surface area contributed by atoms with Gasteiger partial charge in [0.1, 0.15) is 12.4 Å². The third kappa shape index (κ3) is 5.57. The van der Waals surface area contributed by atoms with Gasteiger partial charge in [-0.05, 0) is 55.7 Å². The number of halogens is 1. The van der Waals surface area contributed by atoms with Crippen LogP contribution in [0.4, 0.5) is 0 Å². The first-order valence-corrected chi connectivity index (χ1v) is 12.0. The number of benzene rings is 2. The predicted octanol–water partition coefficient (Wildman–Crippen LogP) is 5.69. The number of hydrogen-bond donors (Lipinski definition) is 0. The van der Waals surface area contributed by atoms with Gasteiger partial charge in [-0.15, -0.1) is 13.0 Å². The SMILES string of the molecule is C#CCOc1c(CC=C)cc(C=Nn2c([C@@H](C)CC)nc3ccc(Br)cc3c2=O)cc1OCC. The molecule has 0 unspecified atom stereocenters. The van der Waals surface area contributed by atoms with Crippen LogP contribution in [0, 0.1) is 12.3 Å². The van der Waals surface area contributed by atoms with Crippen molar-refractivity contribution in [1.82, 2.24) is 9.66 Å². The maximum Gasteiger partial charge on any atom is 0.282 e. The van der Waals surface area contributed by atoms with Crippen LogP contribution in [-0.4, -0.2) is 29.1 Å². The molecule has 3 aromatic rings. The molecule has 2 aromatic carbocycles. The van der Waals surface area contributed by atoms with Crippen LogP contribution in [0.25, 0.3) is 10.9 Å². The molecule has 6 nitrogen and oxygen atoms in total. The fourth-order valence-corrected chi connectivity index (χ4v) is 3.87. The predicted molar refractivity (Wildman–Crippen MR) is 141 cm³/mol. The van der Waals surface area contributed by atoms with E-state index in [0.29, 0.717) is 41.3 Å². The smallest absolute Gasteiger partial charge is 0.282 e. The number of ether oxygens (including phenoxy) is 2. The van der Waals surface area contributed by atoms with E-state index < -0.39 is 0 Å². The second-order valence-electron chi connectivity index (χ2n) is 7.73. The van der Waals surface area contributed by atoms with Crippen LogP contribution >= 0.6 is 15.9 Å². The molecule has 1 heterocycles. The Morgan fingerprint density at radius 2 is 2.09 bits per heavy atom. The van der Waals surface area contributed by atoms with Gasteiger partial charge in [0, 0.05) is 16.0 Å². The van der Waals surface area contributed by atoms with E-state index in [9.17, 15) is 4.79 Å². The largest absolute Gasteiger partial charge is 0.490 e. The van der Waals surface area contributed by atoms with Gasteiger partial charge >= 0.3 is 0 Å². The molecule has 7 heteroatoms. The van der Waals surface area contributed by atoms with Crippen LogP contribution in [0.15, 0.2) is 57.4 Å². The van der Waals surface area contributed by atoms with E-state index in [-0.39, 0.29) is 18.1 Å². The van der Waals surface area contributed by atoms with Crippen molar-refractivity contribution < 1.29 is 9.47 Å². The van der Waals surface area contributed by atoms with Gasteiger partial charge in [-0.25, -0.2) is 4.98 Å². The molecule has 0 spiro atoms. The molecule has 0 bridgehead atoms. The van der Waals surface area contributed by atoms with Gasteiger partial charge in [0.2, 0.25) is 0 Å². The van der Waals surface area contributed by atoms with Crippen LogP contribution < -0.4 is 15.0 Å². The average molecular weight is 522 g/mol. The molecular weight excluding hydrogens is 494 g/mol. The van der Waals surface area contributed by atoms with E-state index in [4.69, 9.17) is 20.9 Å². The lowest BCUT2D eigenvalue weighted by atomic mass is 10.1. The zero-order valence-corrected chi connectivity index (χ0v) is 21.3. The highest BCUT2D eigenvalue weighted by Crippen LogP contribution is 2.33. The monoisotopic (exact) mass is 521 g/mol. The molecule has 0 aliphatic carbocycles. The van der Waals surface area contributed by atoms with Crippen LogP contribution in [-0.2, 0) is 6.42 Å². The fourth-order valence-electron chi connectivity index (χ4n) is 3.51. The first kappa shape index (κ1) is 25.3. The van der Waals surface area contributed by atoms with Crippen LogP contribution in [0.3, 0.4) is 0 Å². The Morgan fingerprint density at radius 1 is 1.29 bits per heavy atom. The molecule has 0 saturated carbocycles. The lowest BCUT2D eigenvalue weighted by molar-refractivity contribution is 0.297.